The van der Waals surface area contributed by atoms with Gasteiger partial charge in [-0.1, -0.05) is 24.3 Å². The Morgan fingerprint density at radius 2 is 2.18 bits per heavy atom. The molecule has 1 aromatic carbocycles. The molecule has 1 N–H and O–H groups in total. The molecule has 0 bridgehead atoms. The Balaban J connectivity index is 2.10. The molecule has 0 radical (unpaired) electrons. The maximum Gasteiger partial charge on any atom is 0.136 e. The predicted molar refractivity (Wildman–Crippen MR) is 71.4 cm³/mol. The molecule has 0 spiro atoms. The SMILES string of the molecule is CC1CNCCN1c1nccc2ccccc12. The number of pyridine rings is 1. The normalized spacial score (nSPS) is 20.8. The maximum atomic E-state index is 4.58. The molecule has 1 aromatic heterocycles. The predicted octanol–water partition coefficient (Wildman–Crippen LogP) is 2.03. The number of nitrogens with zero attached hydrogens (tertiary/aromatic N) is 2. The number of benzene rings is 1. The summed E-state index contributed by atoms with van der Waals surface area (Å²) >= 11 is 0. The van der Waals surface area contributed by atoms with Crippen LogP contribution in [0.2, 0.25) is 0 Å². The van der Waals surface area contributed by atoms with E-state index in [2.05, 4.69) is 52.5 Å². The van der Waals surface area contributed by atoms with E-state index in [4.69, 9.17) is 0 Å². The quantitative estimate of drug-likeness (QED) is 0.808. The zero-order valence-corrected chi connectivity index (χ0v) is 10.1. The molecule has 88 valence electrons. The molecule has 17 heavy (non-hydrogen) atoms. The Hall–Kier alpha value is -1.61. The maximum absolute atomic E-state index is 4.58. The fourth-order valence-corrected chi connectivity index (χ4v) is 2.49. The smallest absolute Gasteiger partial charge is 0.136 e. The van der Waals surface area contributed by atoms with Crippen molar-refractivity contribution in [2.24, 2.45) is 0 Å². The van der Waals surface area contributed by atoms with Crippen molar-refractivity contribution in [2.75, 3.05) is 24.5 Å². The highest BCUT2D eigenvalue weighted by Gasteiger charge is 2.20. The van der Waals surface area contributed by atoms with Gasteiger partial charge in [-0.3, -0.25) is 0 Å². The first-order valence-electron chi connectivity index (χ1n) is 6.17. The minimum absolute atomic E-state index is 0.502. The Morgan fingerprint density at radius 1 is 1.29 bits per heavy atom. The fraction of sp³-hybridized carbons (Fsp3) is 0.357. The van der Waals surface area contributed by atoms with Gasteiger partial charge in [-0.05, 0) is 18.4 Å². The van der Waals surface area contributed by atoms with E-state index in [0.717, 1.165) is 25.5 Å². The zero-order valence-electron chi connectivity index (χ0n) is 10.1. The summed E-state index contributed by atoms with van der Waals surface area (Å²) in [4.78, 5) is 6.98. The van der Waals surface area contributed by atoms with Gasteiger partial charge >= 0.3 is 0 Å². The topological polar surface area (TPSA) is 28.2 Å². The molecule has 0 saturated carbocycles. The lowest BCUT2D eigenvalue weighted by atomic mass is 10.1. The molecule has 2 heterocycles. The first-order chi connectivity index (χ1) is 8.36. The summed E-state index contributed by atoms with van der Waals surface area (Å²) in [6, 6.07) is 11.0. The molecule has 1 unspecified atom stereocenters. The molecular weight excluding hydrogens is 210 g/mol. The van der Waals surface area contributed by atoms with Crippen molar-refractivity contribution in [3.05, 3.63) is 36.5 Å². The van der Waals surface area contributed by atoms with Crippen molar-refractivity contribution in [1.82, 2.24) is 10.3 Å². The largest absolute Gasteiger partial charge is 0.351 e. The number of hydrogen-bond donors (Lipinski definition) is 1. The van der Waals surface area contributed by atoms with Gasteiger partial charge in [-0.25, -0.2) is 4.98 Å². The summed E-state index contributed by atoms with van der Waals surface area (Å²) in [5.74, 6) is 1.12. The van der Waals surface area contributed by atoms with E-state index in [0.29, 0.717) is 6.04 Å². The van der Waals surface area contributed by atoms with Crippen LogP contribution in [0.15, 0.2) is 36.5 Å². The Bertz CT molecular complexity index is 518. The molecule has 1 aliphatic rings. The highest BCUT2D eigenvalue weighted by molar-refractivity contribution is 5.92. The Kier molecular flexibility index (Phi) is 2.69. The lowest BCUT2D eigenvalue weighted by Crippen LogP contribution is -2.50. The average molecular weight is 227 g/mol. The van der Waals surface area contributed by atoms with Crippen LogP contribution in [0, 0.1) is 0 Å². The van der Waals surface area contributed by atoms with Gasteiger partial charge in [-0.15, -0.1) is 0 Å². The number of anilines is 1. The van der Waals surface area contributed by atoms with Gasteiger partial charge in [0.1, 0.15) is 5.82 Å². The number of fused-ring (bicyclic) bond motifs is 1. The van der Waals surface area contributed by atoms with E-state index in [1.165, 1.54) is 10.8 Å². The Morgan fingerprint density at radius 3 is 3.06 bits per heavy atom. The molecule has 0 amide bonds. The van der Waals surface area contributed by atoms with Crippen LogP contribution in [0.25, 0.3) is 10.8 Å². The number of piperazine rings is 1. The number of aromatic nitrogens is 1. The molecule has 3 heteroatoms. The van der Waals surface area contributed by atoms with E-state index in [1.807, 2.05) is 6.20 Å². The lowest BCUT2D eigenvalue weighted by Gasteiger charge is -2.35. The highest BCUT2D eigenvalue weighted by atomic mass is 15.3. The third-order valence-corrected chi connectivity index (χ3v) is 3.43. The van der Waals surface area contributed by atoms with Gasteiger partial charge in [0.05, 0.1) is 0 Å². The fourth-order valence-electron chi connectivity index (χ4n) is 2.49. The van der Waals surface area contributed by atoms with E-state index in [1.54, 1.807) is 0 Å². The Labute approximate surface area is 101 Å². The van der Waals surface area contributed by atoms with Gasteiger partial charge in [0.15, 0.2) is 0 Å². The monoisotopic (exact) mass is 227 g/mol. The average Bonchev–Trinajstić information content (AvgIpc) is 2.39. The van der Waals surface area contributed by atoms with Crippen LogP contribution in [0.3, 0.4) is 0 Å². The van der Waals surface area contributed by atoms with Crippen LogP contribution in [-0.2, 0) is 0 Å². The van der Waals surface area contributed by atoms with Crippen LogP contribution >= 0.6 is 0 Å². The lowest BCUT2D eigenvalue weighted by molar-refractivity contribution is 0.498. The van der Waals surface area contributed by atoms with E-state index >= 15 is 0 Å². The second-order valence-electron chi connectivity index (χ2n) is 4.60. The minimum atomic E-state index is 0.502. The summed E-state index contributed by atoms with van der Waals surface area (Å²) in [6.07, 6.45) is 1.91. The van der Waals surface area contributed by atoms with Crippen LogP contribution in [0.1, 0.15) is 6.92 Å². The zero-order chi connectivity index (χ0) is 11.7. The van der Waals surface area contributed by atoms with Gasteiger partial charge in [0.25, 0.3) is 0 Å². The van der Waals surface area contributed by atoms with E-state index in [-0.39, 0.29) is 0 Å². The van der Waals surface area contributed by atoms with Crippen molar-refractivity contribution < 1.29 is 0 Å². The summed E-state index contributed by atoms with van der Waals surface area (Å²) in [6.45, 7) is 5.35. The minimum Gasteiger partial charge on any atom is -0.351 e. The second kappa shape index (κ2) is 4.34. The second-order valence-corrected chi connectivity index (χ2v) is 4.60. The molecule has 2 aromatic rings. The summed E-state index contributed by atoms with van der Waals surface area (Å²) in [5.41, 5.74) is 0. The first-order valence-corrected chi connectivity index (χ1v) is 6.17. The van der Waals surface area contributed by atoms with Crippen LogP contribution in [-0.4, -0.2) is 30.7 Å². The van der Waals surface area contributed by atoms with Crippen LogP contribution in [0.4, 0.5) is 5.82 Å². The van der Waals surface area contributed by atoms with Gasteiger partial charge in [0, 0.05) is 37.3 Å². The molecular formula is C14H17N3. The van der Waals surface area contributed by atoms with E-state index in [9.17, 15) is 0 Å². The molecule has 3 rings (SSSR count). The number of nitrogens with one attached hydrogen (secondary N) is 1. The van der Waals surface area contributed by atoms with Crippen molar-refractivity contribution >= 4 is 16.6 Å². The highest BCUT2D eigenvalue weighted by Crippen LogP contribution is 2.25. The summed E-state index contributed by atoms with van der Waals surface area (Å²) < 4.78 is 0. The number of rotatable bonds is 1. The van der Waals surface area contributed by atoms with Crippen molar-refractivity contribution in [1.29, 1.82) is 0 Å². The standard InChI is InChI=1S/C14H17N3/c1-11-10-15-8-9-17(11)14-13-5-3-2-4-12(13)6-7-16-14/h2-7,11,15H,8-10H2,1H3. The van der Waals surface area contributed by atoms with E-state index < -0.39 is 0 Å². The molecule has 1 saturated heterocycles. The third-order valence-electron chi connectivity index (χ3n) is 3.43. The first kappa shape index (κ1) is 10.5. The van der Waals surface area contributed by atoms with Crippen LogP contribution in [0.5, 0.6) is 0 Å². The molecule has 3 nitrogen and oxygen atoms in total. The molecule has 0 aliphatic carbocycles. The third kappa shape index (κ3) is 1.87. The number of hydrogen-bond acceptors (Lipinski definition) is 3. The summed E-state index contributed by atoms with van der Waals surface area (Å²) in [7, 11) is 0. The summed E-state index contributed by atoms with van der Waals surface area (Å²) in [5, 5.41) is 5.93. The van der Waals surface area contributed by atoms with Crippen molar-refractivity contribution in [2.45, 2.75) is 13.0 Å². The molecule has 1 atom stereocenters. The molecule has 1 fully saturated rings. The van der Waals surface area contributed by atoms with Gasteiger partial charge < -0.3 is 10.2 Å². The van der Waals surface area contributed by atoms with Crippen molar-refractivity contribution in [3.63, 3.8) is 0 Å². The van der Waals surface area contributed by atoms with Crippen molar-refractivity contribution in [3.8, 4) is 0 Å². The van der Waals surface area contributed by atoms with Gasteiger partial charge in [0.2, 0.25) is 0 Å². The van der Waals surface area contributed by atoms with Gasteiger partial charge in [-0.2, -0.15) is 0 Å². The van der Waals surface area contributed by atoms with Crippen LogP contribution < -0.4 is 10.2 Å². The molecule has 1 aliphatic heterocycles.